The first-order chi connectivity index (χ1) is 14.6. The normalized spacial score (nSPS) is 10.6. The second-order valence-electron chi connectivity index (χ2n) is 6.81. The van der Waals surface area contributed by atoms with Crippen molar-refractivity contribution in [1.82, 2.24) is 15.3 Å². The molecular weight excluding hydrogens is 376 g/mol. The number of benzene rings is 2. The molecule has 0 bridgehead atoms. The minimum absolute atomic E-state index is 0.0574. The number of nitrogens with zero attached hydrogens (tertiary/aromatic N) is 2. The number of likely N-dealkylation sites (N-methyl/N-ethyl adjacent to an activating group) is 1. The van der Waals surface area contributed by atoms with E-state index in [2.05, 4.69) is 20.6 Å². The van der Waals surface area contributed by atoms with Crippen LogP contribution in [-0.4, -0.2) is 28.8 Å². The third-order valence-corrected chi connectivity index (χ3v) is 4.77. The van der Waals surface area contributed by atoms with Gasteiger partial charge >= 0.3 is 0 Å². The average Bonchev–Trinajstić information content (AvgIpc) is 2.80. The maximum absolute atomic E-state index is 13.1. The molecule has 6 heteroatoms. The fourth-order valence-corrected chi connectivity index (χ4v) is 3.20. The fraction of sp³-hybridized carbons (Fsp3) is 0.0833. The summed E-state index contributed by atoms with van der Waals surface area (Å²) in [6, 6.07) is 20.3. The highest BCUT2D eigenvalue weighted by atomic mass is 16.2. The number of hydrogen-bond acceptors (Lipinski definition) is 4. The van der Waals surface area contributed by atoms with Gasteiger partial charge < -0.3 is 10.6 Å². The monoisotopic (exact) mass is 396 g/mol. The number of rotatable bonds is 5. The zero-order valence-electron chi connectivity index (χ0n) is 16.4. The zero-order chi connectivity index (χ0) is 20.9. The van der Waals surface area contributed by atoms with Crippen molar-refractivity contribution >= 4 is 28.4 Å². The van der Waals surface area contributed by atoms with Gasteiger partial charge in [-0.3, -0.25) is 14.6 Å². The lowest BCUT2D eigenvalue weighted by atomic mass is 10.0. The molecule has 30 heavy (non-hydrogen) atoms. The Morgan fingerprint density at radius 1 is 0.967 bits per heavy atom. The third kappa shape index (κ3) is 4.17. The van der Waals surface area contributed by atoms with Crippen molar-refractivity contribution in [2.24, 2.45) is 0 Å². The van der Waals surface area contributed by atoms with Crippen LogP contribution >= 0.6 is 0 Å². The molecule has 0 spiro atoms. The molecule has 0 atom stereocenters. The largest absolute Gasteiger partial charge is 0.359 e. The molecular formula is C24H20N4O2. The number of fused-ring (bicyclic) bond motifs is 1. The Morgan fingerprint density at radius 2 is 1.77 bits per heavy atom. The van der Waals surface area contributed by atoms with E-state index in [0.717, 1.165) is 22.0 Å². The number of amides is 2. The van der Waals surface area contributed by atoms with Gasteiger partial charge in [0, 0.05) is 36.1 Å². The number of hydrogen-bond donors (Lipinski definition) is 2. The Labute approximate surface area is 174 Å². The summed E-state index contributed by atoms with van der Waals surface area (Å²) < 4.78 is 0. The molecule has 148 valence electrons. The Hall–Kier alpha value is -4.06. The molecule has 0 saturated heterocycles. The number of carbonyl (C=O) groups excluding carboxylic acids is 2. The number of nitrogens with one attached hydrogen (secondary N) is 2. The van der Waals surface area contributed by atoms with Gasteiger partial charge in [0.05, 0.1) is 23.2 Å². The van der Waals surface area contributed by atoms with Crippen LogP contribution < -0.4 is 10.6 Å². The van der Waals surface area contributed by atoms with Gasteiger partial charge in [0.2, 0.25) is 5.91 Å². The summed E-state index contributed by atoms with van der Waals surface area (Å²) in [6.07, 6.45) is 3.73. The Morgan fingerprint density at radius 3 is 2.50 bits per heavy atom. The molecule has 6 nitrogen and oxygen atoms in total. The Balaban J connectivity index is 1.65. The van der Waals surface area contributed by atoms with Crippen LogP contribution in [0.15, 0.2) is 79.1 Å². The molecule has 2 heterocycles. The van der Waals surface area contributed by atoms with Gasteiger partial charge in [0.25, 0.3) is 5.91 Å². The smallest absolute Gasteiger partial charge is 0.256 e. The van der Waals surface area contributed by atoms with E-state index in [9.17, 15) is 9.59 Å². The van der Waals surface area contributed by atoms with E-state index in [0.29, 0.717) is 23.4 Å². The van der Waals surface area contributed by atoms with Crippen LogP contribution in [0.3, 0.4) is 0 Å². The number of carbonyl (C=O) groups is 2. The molecule has 0 fully saturated rings. The summed E-state index contributed by atoms with van der Waals surface area (Å²) in [5, 5.41) is 6.32. The van der Waals surface area contributed by atoms with Crippen molar-refractivity contribution in [1.29, 1.82) is 0 Å². The molecule has 0 unspecified atom stereocenters. The SMILES string of the molecule is CNC(=O)Cc1ccc(NC(=O)c2cc(-c3cccnc3)nc3ccccc23)cc1. The third-order valence-electron chi connectivity index (χ3n) is 4.77. The fourth-order valence-electron chi connectivity index (χ4n) is 3.20. The molecule has 0 saturated carbocycles. The van der Waals surface area contributed by atoms with Crippen LogP contribution in [0.25, 0.3) is 22.2 Å². The number of pyridine rings is 2. The standard InChI is InChI=1S/C24H20N4O2/c1-25-23(29)13-16-8-10-18(11-9-16)27-24(30)20-14-22(17-5-4-12-26-15-17)28-21-7-3-2-6-19(20)21/h2-12,14-15H,13H2,1H3,(H,25,29)(H,27,30). The number of aromatic nitrogens is 2. The molecule has 0 aliphatic heterocycles. The van der Waals surface area contributed by atoms with Gasteiger partial charge in [0.15, 0.2) is 0 Å². The number of para-hydroxylation sites is 1. The Kier molecular flexibility index (Phi) is 5.48. The van der Waals surface area contributed by atoms with Gasteiger partial charge in [-0.05, 0) is 42.0 Å². The summed E-state index contributed by atoms with van der Waals surface area (Å²) in [5.74, 6) is -0.282. The molecule has 4 rings (SSSR count). The van der Waals surface area contributed by atoms with E-state index in [1.165, 1.54) is 0 Å². The van der Waals surface area contributed by atoms with Crippen LogP contribution in [0.2, 0.25) is 0 Å². The second kappa shape index (κ2) is 8.53. The van der Waals surface area contributed by atoms with Gasteiger partial charge in [-0.25, -0.2) is 4.98 Å². The molecule has 0 aliphatic rings. The van der Waals surface area contributed by atoms with E-state index in [1.54, 1.807) is 37.6 Å². The predicted molar refractivity (Wildman–Crippen MR) is 117 cm³/mol. The molecule has 2 aromatic carbocycles. The maximum Gasteiger partial charge on any atom is 0.256 e. The van der Waals surface area contributed by atoms with Gasteiger partial charge in [0.1, 0.15) is 0 Å². The summed E-state index contributed by atoms with van der Waals surface area (Å²) in [6.45, 7) is 0. The van der Waals surface area contributed by atoms with Crippen molar-refractivity contribution in [2.75, 3.05) is 12.4 Å². The average molecular weight is 396 g/mol. The summed E-state index contributed by atoms with van der Waals surface area (Å²) in [5.41, 5.74) is 4.34. The molecule has 4 aromatic rings. The van der Waals surface area contributed by atoms with Gasteiger partial charge in [-0.1, -0.05) is 30.3 Å². The lowest BCUT2D eigenvalue weighted by molar-refractivity contribution is -0.119. The highest BCUT2D eigenvalue weighted by Gasteiger charge is 2.14. The predicted octanol–water partition coefficient (Wildman–Crippen LogP) is 3.84. The van der Waals surface area contributed by atoms with Crippen molar-refractivity contribution in [3.05, 3.63) is 90.3 Å². The summed E-state index contributed by atoms with van der Waals surface area (Å²) in [4.78, 5) is 33.4. The van der Waals surface area contributed by atoms with E-state index in [1.807, 2.05) is 48.5 Å². The number of anilines is 1. The quantitative estimate of drug-likeness (QED) is 0.537. The second-order valence-corrected chi connectivity index (χ2v) is 6.81. The van der Waals surface area contributed by atoms with Crippen LogP contribution in [0.5, 0.6) is 0 Å². The molecule has 2 amide bonds. The highest BCUT2D eigenvalue weighted by Crippen LogP contribution is 2.25. The van der Waals surface area contributed by atoms with E-state index in [-0.39, 0.29) is 11.8 Å². The van der Waals surface area contributed by atoms with Gasteiger partial charge in [-0.2, -0.15) is 0 Å². The Bertz CT molecular complexity index is 1210. The lowest BCUT2D eigenvalue weighted by Crippen LogP contribution is -2.19. The maximum atomic E-state index is 13.1. The minimum atomic E-state index is -0.224. The highest BCUT2D eigenvalue weighted by molar-refractivity contribution is 6.13. The van der Waals surface area contributed by atoms with Crippen LogP contribution in [0, 0.1) is 0 Å². The van der Waals surface area contributed by atoms with E-state index in [4.69, 9.17) is 0 Å². The minimum Gasteiger partial charge on any atom is -0.359 e. The topological polar surface area (TPSA) is 84.0 Å². The first-order valence-electron chi connectivity index (χ1n) is 9.55. The molecule has 2 N–H and O–H groups in total. The van der Waals surface area contributed by atoms with E-state index < -0.39 is 0 Å². The first kappa shape index (κ1) is 19.3. The van der Waals surface area contributed by atoms with Crippen LogP contribution in [0.4, 0.5) is 5.69 Å². The first-order valence-corrected chi connectivity index (χ1v) is 9.55. The van der Waals surface area contributed by atoms with Crippen molar-refractivity contribution in [2.45, 2.75) is 6.42 Å². The van der Waals surface area contributed by atoms with Crippen LogP contribution in [0.1, 0.15) is 15.9 Å². The van der Waals surface area contributed by atoms with Crippen molar-refractivity contribution < 1.29 is 9.59 Å². The van der Waals surface area contributed by atoms with Crippen LogP contribution in [-0.2, 0) is 11.2 Å². The summed E-state index contributed by atoms with van der Waals surface area (Å²) in [7, 11) is 1.61. The molecule has 0 radical (unpaired) electrons. The molecule has 0 aliphatic carbocycles. The van der Waals surface area contributed by atoms with Crippen molar-refractivity contribution in [3.63, 3.8) is 0 Å². The van der Waals surface area contributed by atoms with E-state index >= 15 is 0 Å². The lowest BCUT2D eigenvalue weighted by Gasteiger charge is -2.11. The van der Waals surface area contributed by atoms with Gasteiger partial charge in [-0.15, -0.1) is 0 Å². The molecule has 2 aromatic heterocycles. The summed E-state index contributed by atoms with van der Waals surface area (Å²) >= 11 is 0. The van der Waals surface area contributed by atoms with Crippen molar-refractivity contribution in [3.8, 4) is 11.3 Å². The zero-order valence-corrected chi connectivity index (χ0v) is 16.4.